The largest absolute Gasteiger partial charge is 0.337 e. The number of hydrogen-bond acceptors (Lipinski definition) is 5. The van der Waals surface area contributed by atoms with Gasteiger partial charge in [0.15, 0.2) is 0 Å². The van der Waals surface area contributed by atoms with Gasteiger partial charge in [-0.3, -0.25) is 9.59 Å². The number of anilines is 3. The van der Waals surface area contributed by atoms with Crippen LogP contribution >= 0.6 is 0 Å². The summed E-state index contributed by atoms with van der Waals surface area (Å²) in [6, 6.07) is 8.95. The number of nitrogens with zero attached hydrogens (tertiary/aromatic N) is 3. The van der Waals surface area contributed by atoms with E-state index >= 15 is 0 Å². The minimum absolute atomic E-state index is 0.0424. The topological polar surface area (TPSA) is 87.2 Å². The highest BCUT2D eigenvalue weighted by molar-refractivity contribution is 5.93. The molecule has 3 rings (SSSR count). The molecule has 1 aromatic heterocycles. The Hall–Kier alpha value is -2.96. The molecule has 1 aliphatic rings. The van der Waals surface area contributed by atoms with Crippen molar-refractivity contribution in [2.24, 2.45) is 0 Å². The van der Waals surface area contributed by atoms with E-state index in [1.54, 1.807) is 18.2 Å². The van der Waals surface area contributed by atoms with Gasteiger partial charge in [-0.05, 0) is 56.5 Å². The molecule has 0 unspecified atom stereocenters. The average Bonchev–Trinajstić information content (AvgIpc) is 2.62. The first-order valence-corrected chi connectivity index (χ1v) is 8.81. The Morgan fingerprint density at radius 2 is 1.65 bits per heavy atom. The number of carbonyl (C=O) groups is 2. The van der Waals surface area contributed by atoms with E-state index in [1.807, 2.05) is 24.0 Å². The van der Waals surface area contributed by atoms with E-state index in [-0.39, 0.29) is 11.8 Å². The summed E-state index contributed by atoms with van der Waals surface area (Å²) in [5.74, 6) is 0.227. The van der Waals surface area contributed by atoms with Gasteiger partial charge in [0, 0.05) is 37.1 Å². The number of aryl methyl sites for hydroxylation is 1. The third-order valence-electron chi connectivity index (χ3n) is 4.18. The Kier molecular flexibility index (Phi) is 5.46. The second kappa shape index (κ2) is 7.95. The first-order valence-electron chi connectivity index (χ1n) is 8.81. The molecule has 2 heterocycles. The number of carbonyl (C=O) groups excluding carboxylic acids is 2. The van der Waals surface area contributed by atoms with E-state index in [0.717, 1.165) is 37.3 Å². The quantitative estimate of drug-likeness (QED) is 0.882. The predicted octanol–water partition coefficient (Wildman–Crippen LogP) is 3.11. The van der Waals surface area contributed by atoms with Gasteiger partial charge in [-0.25, -0.2) is 9.97 Å². The number of rotatable bonds is 4. The van der Waals surface area contributed by atoms with Crippen molar-refractivity contribution in [2.75, 3.05) is 23.7 Å². The molecule has 2 aromatic rings. The van der Waals surface area contributed by atoms with Crippen molar-refractivity contribution in [1.82, 2.24) is 14.9 Å². The van der Waals surface area contributed by atoms with Gasteiger partial charge in [0.1, 0.15) is 5.69 Å². The molecular weight excluding hydrogens is 330 g/mol. The zero-order chi connectivity index (χ0) is 18.5. The monoisotopic (exact) mass is 353 g/mol. The van der Waals surface area contributed by atoms with Crippen molar-refractivity contribution in [3.05, 3.63) is 41.7 Å². The van der Waals surface area contributed by atoms with Gasteiger partial charge in [-0.15, -0.1) is 0 Å². The maximum Gasteiger partial charge on any atom is 0.272 e. The van der Waals surface area contributed by atoms with Gasteiger partial charge in [-0.1, -0.05) is 0 Å². The molecule has 26 heavy (non-hydrogen) atoms. The summed E-state index contributed by atoms with van der Waals surface area (Å²) in [4.78, 5) is 34.4. The van der Waals surface area contributed by atoms with Gasteiger partial charge in [0.05, 0.1) is 0 Å². The molecule has 0 bridgehead atoms. The maximum atomic E-state index is 12.7. The summed E-state index contributed by atoms with van der Waals surface area (Å²) >= 11 is 0. The van der Waals surface area contributed by atoms with Crippen LogP contribution in [0.15, 0.2) is 30.3 Å². The summed E-state index contributed by atoms with van der Waals surface area (Å²) in [7, 11) is 0. The third kappa shape index (κ3) is 4.56. The molecule has 0 spiro atoms. The molecule has 0 saturated carbocycles. The Labute approximate surface area is 152 Å². The third-order valence-corrected chi connectivity index (χ3v) is 4.18. The summed E-state index contributed by atoms with van der Waals surface area (Å²) in [6.07, 6.45) is 3.26. The van der Waals surface area contributed by atoms with Gasteiger partial charge in [0.25, 0.3) is 5.91 Å². The molecule has 136 valence electrons. The highest BCUT2D eigenvalue weighted by Crippen LogP contribution is 2.18. The first-order chi connectivity index (χ1) is 12.5. The Morgan fingerprint density at radius 3 is 2.31 bits per heavy atom. The number of aromatic nitrogens is 2. The van der Waals surface area contributed by atoms with Crippen LogP contribution in [0.4, 0.5) is 17.3 Å². The number of hydrogen-bond donors (Lipinski definition) is 2. The average molecular weight is 353 g/mol. The molecule has 1 aliphatic heterocycles. The molecular formula is C19H23N5O2. The highest BCUT2D eigenvalue weighted by Gasteiger charge is 2.20. The van der Waals surface area contributed by atoms with Crippen LogP contribution in [0.1, 0.15) is 42.4 Å². The van der Waals surface area contributed by atoms with Crippen LogP contribution in [0.2, 0.25) is 0 Å². The van der Waals surface area contributed by atoms with Crippen molar-refractivity contribution in [3.63, 3.8) is 0 Å². The second-order valence-electron chi connectivity index (χ2n) is 6.45. The molecule has 2 amide bonds. The molecule has 7 nitrogen and oxygen atoms in total. The predicted molar refractivity (Wildman–Crippen MR) is 101 cm³/mol. The smallest absolute Gasteiger partial charge is 0.272 e. The molecule has 0 aliphatic carbocycles. The standard InChI is InChI=1S/C19H23N5O2/c1-13-12-17(18(26)24-10-4-3-5-11-24)23-19(20-13)22-16-8-6-15(7-9-16)21-14(2)25/h6-9,12H,3-5,10-11H2,1-2H3,(H,21,25)(H,20,22,23). The summed E-state index contributed by atoms with van der Waals surface area (Å²) in [5.41, 5.74) is 2.64. The zero-order valence-corrected chi connectivity index (χ0v) is 15.1. The van der Waals surface area contributed by atoms with Crippen molar-refractivity contribution in [2.45, 2.75) is 33.1 Å². The van der Waals surface area contributed by atoms with Crippen LogP contribution in [0.25, 0.3) is 0 Å². The van der Waals surface area contributed by atoms with Gasteiger partial charge in [0.2, 0.25) is 11.9 Å². The lowest BCUT2D eigenvalue weighted by atomic mass is 10.1. The number of piperidine rings is 1. The Balaban J connectivity index is 1.74. The molecule has 0 radical (unpaired) electrons. The highest BCUT2D eigenvalue weighted by atomic mass is 16.2. The lowest BCUT2D eigenvalue weighted by Gasteiger charge is -2.26. The van der Waals surface area contributed by atoms with Crippen molar-refractivity contribution in [3.8, 4) is 0 Å². The fourth-order valence-electron chi connectivity index (χ4n) is 2.96. The van der Waals surface area contributed by atoms with Crippen molar-refractivity contribution in [1.29, 1.82) is 0 Å². The van der Waals surface area contributed by atoms with Gasteiger partial charge < -0.3 is 15.5 Å². The van der Waals surface area contributed by atoms with E-state index in [9.17, 15) is 9.59 Å². The van der Waals surface area contributed by atoms with Crippen molar-refractivity contribution < 1.29 is 9.59 Å². The molecule has 1 saturated heterocycles. The number of benzene rings is 1. The summed E-state index contributed by atoms with van der Waals surface area (Å²) in [5, 5.41) is 5.84. The van der Waals surface area contributed by atoms with Crippen LogP contribution in [-0.4, -0.2) is 39.8 Å². The molecule has 1 fully saturated rings. The second-order valence-corrected chi connectivity index (χ2v) is 6.45. The first kappa shape index (κ1) is 17.8. The lowest BCUT2D eigenvalue weighted by molar-refractivity contribution is -0.114. The van der Waals surface area contributed by atoms with E-state index < -0.39 is 0 Å². The van der Waals surface area contributed by atoms with Crippen LogP contribution in [-0.2, 0) is 4.79 Å². The van der Waals surface area contributed by atoms with E-state index in [4.69, 9.17) is 0 Å². The zero-order valence-electron chi connectivity index (χ0n) is 15.1. The van der Waals surface area contributed by atoms with Crippen LogP contribution < -0.4 is 10.6 Å². The summed E-state index contributed by atoms with van der Waals surface area (Å²) in [6.45, 7) is 4.89. The normalized spacial score (nSPS) is 14.0. The van der Waals surface area contributed by atoms with Gasteiger partial charge >= 0.3 is 0 Å². The van der Waals surface area contributed by atoms with E-state index in [1.165, 1.54) is 13.3 Å². The number of likely N-dealkylation sites (tertiary alicyclic amines) is 1. The van der Waals surface area contributed by atoms with Crippen LogP contribution in [0, 0.1) is 6.92 Å². The number of amides is 2. The number of nitrogens with one attached hydrogen (secondary N) is 2. The fraction of sp³-hybridized carbons (Fsp3) is 0.368. The van der Waals surface area contributed by atoms with Crippen molar-refractivity contribution >= 4 is 29.1 Å². The van der Waals surface area contributed by atoms with Crippen LogP contribution in [0.3, 0.4) is 0 Å². The lowest BCUT2D eigenvalue weighted by Crippen LogP contribution is -2.36. The Morgan fingerprint density at radius 1 is 1.00 bits per heavy atom. The van der Waals surface area contributed by atoms with Crippen LogP contribution in [0.5, 0.6) is 0 Å². The van der Waals surface area contributed by atoms with E-state index in [0.29, 0.717) is 17.3 Å². The summed E-state index contributed by atoms with van der Waals surface area (Å²) < 4.78 is 0. The molecule has 0 atom stereocenters. The molecule has 1 aromatic carbocycles. The van der Waals surface area contributed by atoms with E-state index in [2.05, 4.69) is 20.6 Å². The Bertz CT molecular complexity index is 798. The maximum absolute atomic E-state index is 12.7. The van der Waals surface area contributed by atoms with Gasteiger partial charge in [-0.2, -0.15) is 0 Å². The minimum atomic E-state index is -0.117. The fourth-order valence-corrected chi connectivity index (χ4v) is 2.96. The molecule has 2 N–H and O–H groups in total. The minimum Gasteiger partial charge on any atom is -0.337 e. The SMILES string of the molecule is CC(=O)Nc1ccc(Nc2nc(C)cc(C(=O)N3CCCCC3)n2)cc1. The molecule has 7 heteroatoms.